The summed E-state index contributed by atoms with van der Waals surface area (Å²) in [5, 5.41) is 0. The van der Waals surface area contributed by atoms with E-state index in [1.54, 1.807) is 23.1 Å². The third-order valence-corrected chi connectivity index (χ3v) is 6.22. The van der Waals surface area contributed by atoms with Gasteiger partial charge in [0.05, 0.1) is 13.2 Å². The van der Waals surface area contributed by atoms with E-state index in [-0.39, 0.29) is 17.8 Å². The second-order valence-electron chi connectivity index (χ2n) is 9.51. The number of benzene rings is 2. The van der Waals surface area contributed by atoms with Crippen LogP contribution in [0.5, 0.6) is 5.75 Å². The van der Waals surface area contributed by atoms with Gasteiger partial charge in [-0.3, -0.25) is 0 Å². The standard InChI is InChI=1S/C27H33F2NO5/c1-26(2)33-18-21-16-20(12-13-23(21)35-26)24-17-30(25(31)34-24)14-8-3-4-9-15-32-19-27(28,29)22-10-6-5-7-11-22/h5-7,10-13,16,24H,3-4,8-9,14-15,17-19H2,1-2H3/t24-/m0/s1. The molecule has 0 aromatic heterocycles. The summed E-state index contributed by atoms with van der Waals surface area (Å²) in [7, 11) is 0. The zero-order valence-electron chi connectivity index (χ0n) is 20.3. The molecule has 0 spiro atoms. The van der Waals surface area contributed by atoms with Crippen molar-refractivity contribution in [3.05, 3.63) is 65.2 Å². The Kier molecular flexibility index (Phi) is 7.91. The molecule has 2 aliphatic heterocycles. The van der Waals surface area contributed by atoms with Gasteiger partial charge in [0.15, 0.2) is 0 Å². The smallest absolute Gasteiger partial charge is 0.410 e. The van der Waals surface area contributed by atoms with Gasteiger partial charge in [-0.05, 0) is 30.5 Å². The number of nitrogens with zero attached hydrogens (tertiary/aromatic N) is 1. The molecular weight excluding hydrogens is 456 g/mol. The summed E-state index contributed by atoms with van der Waals surface area (Å²) < 4.78 is 50.5. The van der Waals surface area contributed by atoms with E-state index in [4.69, 9.17) is 18.9 Å². The molecule has 1 fully saturated rings. The van der Waals surface area contributed by atoms with Crippen LogP contribution in [0.25, 0.3) is 0 Å². The van der Waals surface area contributed by atoms with Crippen LogP contribution in [0.3, 0.4) is 0 Å². The van der Waals surface area contributed by atoms with E-state index in [1.165, 1.54) is 12.1 Å². The lowest BCUT2D eigenvalue weighted by Gasteiger charge is -2.32. The number of hydrogen-bond donors (Lipinski definition) is 0. The third-order valence-electron chi connectivity index (χ3n) is 6.22. The molecule has 0 bridgehead atoms. The van der Waals surface area contributed by atoms with Gasteiger partial charge in [-0.25, -0.2) is 4.79 Å². The first-order chi connectivity index (χ1) is 16.7. The first-order valence-electron chi connectivity index (χ1n) is 12.2. The number of amides is 1. The number of unbranched alkanes of at least 4 members (excludes halogenated alkanes) is 3. The van der Waals surface area contributed by atoms with Gasteiger partial charge in [0.2, 0.25) is 5.79 Å². The van der Waals surface area contributed by atoms with Gasteiger partial charge >= 0.3 is 6.09 Å². The topological polar surface area (TPSA) is 57.2 Å². The minimum absolute atomic E-state index is 0.0307. The Morgan fingerprint density at radius 3 is 2.66 bits per heavy atom. The van der Waals surface area contributed by atoms with Crippen LogP contribution in [0.4, 0.5) is 13.6 Å². The van der Waals surface area contributed by atoms with Crippen LogP contribution in [0.1, 0.15) is 62.3 Å². The predicted octanol–water partition coefficient (Wildman–Crippen LogP) is 6.19. The summed E-state index contributed by atoms with van der Waals surface area (Å²) in [4.78, 5) is 14.0. The monoisotopic (exact) mass is 489 g/mol. The molecule has 0 unspecified atom stereocenters. The number of alkyl halides is 2. The lowest BCUT2D eigenvalue weighted by atomic mass is 10.0. The summed E-state index contributed by atoms with van der Waals surface area (Å²) in [6.45, 7) is 4.98. The average Bonchev–Trinajstić information content (AvgIpc) is 3.21. The number of hydrogen-bond acceptors (Lipinski definition) is 5. The molecule has 2 aliphatic rings. The second kappa shape index (κ2) is 10.9. The molecule has 2 aromatic rings. The highest BCUT2D eigenvalue weighted by Gasteiger charge is 2.34. The lowest BCUT2D eigenvalue weighted by Crippen LogP contribution is -2.35. The van der Waals surface area contributed by atoms with Crippen molar-refractivity contribution >= 4 is 6.09 Å². The maximum atomic E-state index is 14.1. The molecule has 0 N–H and O–H groups in total. The molecule has 1 saturated heterocycles. The highest BCUT2D eigenvalue weighted by atomic mass is 19.3. The van der Waals surface area contributed by atoms with Crippen LogP contribution in [-0.2, 0) is 26.7 Å². The zero-order chi connectivity index (χ0) is 24.9. The molecule has 0 aliphatic carbocycles. The van der Waals surface area contributed by atoms with Gasteiger partial charge in [-0.15, -0.1) is 0 Å². The van der Waals surface area contributed by atoms with Crippen LogP contribution in [0.15, 0.2) is 48.5 Å². The Labute approximate surface area is 205 Å². The summed E-state index contributed by atoms with van der Waals surface area (Å²) in [5.74, 6) is -2.84. The molecule has 6 nitrogen and oxygen atoms in total. The molecule has 35 heavy (non-hydrogen) atoms. The van der Waals surface area contributed by atoms with Crippen LogP contribution in [0, 0.1) is 0 Å². The normalized spacial score (nSPS) is 19.3. The van der Waals surface area contributed by atoms with Crippen molar-refractivity contribution in [3.63, 3.8) is 0 Å². The molecule has 8 heteroatoms. The number of rotatable bonds is 11. The van der Waals surface area contributed by atoms with Crippen molar-refractivity contribution in [1.29, 1.82) is 0 Å². The first-order valence-corrected chi connectivity index (χ1v) is 12.2. The number of fused-ring (bicyclic) bond motifs is 1. The summed E-state index contributed by atoms with van der Waals surface area (Å²) >= 11 is 0. The Bertz CT molecular complexity index is 998. The fraction of sp³-hybridized carbons (Fsp3) is 0.519. The fourth-order valence-electron chi connectivity index (χ4n) is 4.25. The van der Waals surface area contributed by atoms with E-state index in [0.717, 1.165) is 36.1 Å². The molecular formula is C27H33F2NO5. The molecule has 4 rings (SSSR count). The summed E-state index contributed by atoms with van der Waals surface area (Å²) in [5.41, 5.74) is 1.84. The molecule has 1 amide bonds. The number of cyclic esters (lactones) is 1. The van der Waals surface area contributed by atoms with E-state index < -0.39 is 18.3 Å². The summed E-state index contributed by atoms with van der Waals surface area (Å²) in [6.07, 6.45) is 2.63. The SMILES string of the molecule is CC1(C)OCc2cc([C@@H]3CN(CCCCCCOCC(F)(F)c4ccccc4)C(=O)O3)ccc2O1. The van der Waals surface area contributed by atoms with Crippen molar-refractivity contribution in [1.82, 2.24) is 4.90 Å². The molecule has 0 saturated carbocycles. The van der Waals surface area contributed by atoms with E-state index in [2.05, 4.69) is 0 Å². The number of ether oxygens (including phenoxy) is 4. The Balaban J connectivity index is 1.13. The fourth-order valence-corrected chi connectivity index (χ4v) is 4.25. The van der Waals surface area contributed by atoms with Crippen molar-refractivity contribution in [2.75, 3.05) is 26.3 Å². The van der Waals surface area contributed by atoms with Crippen molar-refractivity contribution in [2.24, 2.45) is 0 Å². The molecule has 2 aromatic carbocycles. The lowest BCUT2D eigenvalue weighted by molar-refractivity contribution is -0.180. The quantitative estimate of drug-likeness (QED) is 0.352. The van der Waals surface area contributed by atoms with Gasteiger partial charge in [0, 0.05) is 38.1 Å². The van der Waals surface area contributed by atoms with Crippen LogP contribution in [0.2, 0.25) is 0 Å². The molecule has 1 atom stereocenters. The Hall–Kier alpha value is -2.71. The molecule has 2 heterocycles. The van der Waals surface area contributed by atoms with Crippen LogP contribution in [-0.4, -0.2) is 43.1 Å². The molecule has 0 radical (unpaired) electrons. The van der Waals surface area contributed by atoms with Gasteiger partial charge in [0.1, 0.15) is 18.5 Å². The zero-order valence-corrected chi connectivity index (χ0v) is 20.3. The minimum Gasteiger partial charge on any atom is -0.463 e. The maximum Gasteiger partial charge on any atom is 0.410 e. The number of halogens is 2. The number of carbonyl (C=O) groups excluding carboxylic acids is 1. The molecule has 190 valence electrons. The van der Waals surface area contributed by atoms with E-state index in [0.29, 0.717) is 32.7 Å². The van der Waals surface area contributed by atoms with E-state index >= 15 is 0 Å². The second-order valence-corrected chi connectivity index (χ2v) is 9.51. The highest BCUT2D eigenvalue weighted by molar-refractivity contribution is 5.70. The van der Waals surface area contributed by atoms with Crippen LogP contribution >= 0.6 is 0 Å². The van der Waals surface area contributed by atoms with E-state index in [1.807, 2.05) is 32.0 Å². The Morgan fingerprint density at radius 1 is 1.09 bits per heavy atom. The number of carbonyl (C=O) groups is 1. The largest absolute Gasteiger partial charge is 0.463 e. The van der Waals surface area contributed by atoms with Gasteiger partial charge in [0.25, 0.3) is 5.92 Å². The minimum atomic E-state index is -2.98. The average molecular weight is 490 g/mol. The van der Waals surface area contributed by atoms with Gasteiger partial charge in [-0.2, -0.15) is 8.78 Å². The first kappa shape index (κ1) is 25.4. The maximum absolute atomic E-state index is 14.1. The van der Waals surface area contributed by atoms with Gasteiger partial charge < -0.3 is 23.8 Å². The summed E-state index contributed by atoms with van der Waals surface area (Å²) in [6, 6.07) is 13.5. The van der Waals surface area contributed by atoms with Crippen molar-refractivity contribution in [3.8, 4) is 5.75 Å². The van der Waals surface area contributed by atoms with Crippen molar-refractivity contribution < 1.29 is 32.5 Å². The van der Waals surface area contributed by atoms with Gasteiger partial charge in [-0.1, -0.05) is 49.2 Å². The predicted molar refractivity (Wildman–Crippen MR) is 126 cm³/mol. The Morgan fingerprint density at radius 2 is 1.86 bits per heavy atom. The van der Waals surface area contributed by atoms with E-state index in [9.17, 15) is 13.6 Å². The third kappa shape index (κ3) is 6.70. The van der Waals surface area contributed by atoms with Crippen LogP contribution < -0.4 is 4.74 Å². The van der Waals surface area contributed by atoms with Crippen molar-refractivity contribution in [2.45, 2.75) is 64.0 Å². The highest BCUT2D eigenvalue weighted by Crippen LogP contribution is 2.35.